The van der Waals surface area contributed by atoms with Crippen molar-refractivity contribution in [3.8, 4) is 5.75 Å². The molecule has 0 aliphatic carbocycles. The fourth-order valence-corrected chi connectivity index (χ4v) is 2.63. The van der Waals surface area contributed by atoms with Gasteiger partial charge in [-0.3, -0.25) is 4.79 Å². The predicted molar refractivity (Wildman–Crippen MR) is 88.7 cm³/mol. The van der Waals surface area contributed by atoms with Gasteiger partial charge >= 0.3 is 12.1 Å². The average molecular weight is 336 g/mol. The molecule has 2 nitrogen and oxygen atoms in total. The highest BCUT2D eigenvalue weighted by molar-refractivity contribution is 5.88. The average Bonchev–Trinajstić information content (AvgIpc) is 2.45. The maximum Gasteiger partial charge on any atom is 0.399 e. The van der Waals surface area contributed by atoms with E-state index in [-0.39, 0.29) is 5.75 Å². The van der Waals surface area contributed by atoms with Crippen LogP contribution >= 0.6 is 0 Å². The van der Waals surface area contributed by atoms with Crippen molar-refractivity contribution in [1.29, 1.82) is 0 Å². The van der Waals surface area contributed by atoms with Crippen molar-refractivity contribution >= 4 is 22.3 Å². The van der Waals surface area contributed by atoms with Crippen molar-refractivity contribution in [2.75, 3.05) is 0 Å². The number of ether oxygens (including phenoxy) is 1. The molecule has 0 spiro atoms. The van der Waals surface area contributed by atoms with Gasteiger partial charge in [-0.15, -0.1) is 0 Å². The van der Waals surface area contributed by atoms with Gasteiger partial charge in [0, 0.05) is 0 Å². The predicted octanol–water partition coefficient (Wildman–Crippen LogP) is 5.76. The molecule has 0 amide bonds. The van der Waals surface area contributed by atoms with Gasteiger partial charge in [-0.2, -0.15) is 13.2 Å². The van der Waals surface area contributed by atoms with E-state index in [1.807, 2.05) is 25.1 Å². The molecule has 0 aliphatic rings. The Morgan fingerprint density at radius 3 is 2.33 bits per heavy atom. The normalized spacial score (nSPS) is 12.7. The Morgan fingerprint density at radius 2 is 1.75 bits per heavy atom. The van der Waals surface area contributed by atoms with Gasteiger partial charge in [0.2, 0.25) is 0 Å². The molecule has 0 N–H and O–H groups in total. The first-order valence-corrected chi connectivity index (χ1v) is 7.67. The van der Waals surface area contributed by atoms with Gasteiger partial charge in [-0.25, -0.2) is 0 Å². The molecule has 0 unspecified atom stereocenters. The van der Waals surface area contributed by atoms with Crippen LogP contribution in [0.3, 0.4) is 0 Å². The Morgan fingerprint density at radius 1 is 1.12 bits per heavy atom. The Hall–Kier alpha value is -2.30. The SMILES string of the molecule is C/C=C(/c1ccc2cc(OC(=O)CC(F)(F)F)ccc2c1)C(C)C. The molecule has 0 radical (unpaired) electrons. The minimum atomic E-state index is -4.57. The van der Waals surface area contributed by atoms with Crippen LogP contribution in [0.4, 0.5) is 13.2 Å². The lowest BCUT2D eigenvalue weighted by molar-refractivity contribution is -0.163. The molecule has 2 aromatic rings. The van der Waals surface area contributed by atoms with Crippen LogP contribution in [0.1, 0.15) is 32.8 Å². The zero-order valence-corrected chi connectivity index (χ0v) is 13.8. The van der Waals surface area contributed by atoms with Crippen molar-refractivity contribution in [2.24, 2.45) is 5.92 Å². The van der Waals surface area contributed by atoms with Crippen LogP contribution < -0.4 is 4.74 Å². The van der Waals surface area contributed by atoms with E-state index >= 15 is 0 Å². The molecule has 2 aromatic carbocycles. The van der Waals surface area contributed by atoms with Crippen LogP contribution in [0.5, 0.6) is 5.75 Å². The van der Waals surface area contributed by atoms with Crippen LogP contribution in [-0.2, 0) is 4.79 Å². The standard InChI is InChI=1S/C19H19F3O2/c1-4-17(12(2)3)15-6-5-14-10-16(8-7-13(14)9-15)24-18(23)11-19(20,21)22/h4-10,12H,11H2,1-3H3/b17-4+. The van der Waals surface area contributed by atoms with Crippen molar-refractivity contribution in [3.05, 3.63) is 48.0 Å². The Balaban J connectivity index is 2.25. The second-order valence-electron chi connectivity index (χ2n) is 5.89. The molecular weight excluding hydrogens is 317 g/mol. The highest BCUT2D eigenvalue weighted by Gasteiger charge is 2.32. The van der Waals surface area contributed by atoms with Crippen LogP contribution in [0, 0.1) is 5.92 Å². The third-order valence-electron chi connectivity index (χ3n) is 3.65. The Kier molecular flexibility index (Phi) is 5.32. The maximum absolute atomic E-state index is 12.2. The second-order valence-corrected chi connectivity index (χ2v) is 5.89. The zero-order chi connectivity index (χ0) is 17.9. The number of rotatable bonds is 4. The van der Waals surface area contributed by atoms with Gasteiger partial charge in [0.25, 0.3) is 0 Å². The number of halogens is 3. The largest absolute Gasteiger partial charge is 0.426 e. The number of benzene rings is 2. The monoisotopic (exact) mass is 336 g/mol. The molecule has 24 heavy (non-hydrogen) atoms. The molecule has 0 heterocycles. The van der Waals surface area contributed by atoms with Crippen molar-refractivity contribution < 1.29 is 22.7 Å². The number of fused-ring (bicyclic) bond motifs is 1. The van der Waals surface area contributed by atoms with Gasteiger partial charge in [0.15, 0.2) is 0 Å². The Labute approximate surface area is 138 Å². The van der Waals surface area contributed by atoms with E-state index in [0.717, 1.165) is 16.3 Å². The van der Waals surface area contributed by atoms with Gasteiger partial charge in [0.1, 0.15) is 12.2 Å². The van der Waals surface area contributed by atoms with Crippen molar-refractivity contribution in [3.63, 3.8) is 0 Å². The van der Waals surface area contributed by atoms with Crippen LogP contribution in [0.2, 0.25) is 0 Å². The van der Waals surface area contributed by atoms with E-state index in [1.165, 1.54) is 11.6 Å². The zero-order valence-electron chi connectivity index (χ0n) is 13.8. The number of hydrogen-bond donors (Lipinski definition) is 0. The summed E-state index contributed by atoms with van der Waals surface area (Å²) in [6, 6.07) is 10.7. The molecule has 0 fully saturated rings. The summed E-state index contributed by atoms with van der Waals surface area (Å²) in [5.41, 5.74) is 2.32. The lowest BCUT2D eigenvalue weighted by atomic mass is 9.93. The van der Waals surface area contributed by atoms with Gasteiger partial charge in [0.05, 0.1) is 0 Å². The van der Waals surface area contributed by atoms with Crippen LogP contribution in [-0.4, -0.2) is 12.1 Å². The molecule has 128 valence electrons. The molecule has 0 bridgehead atoms. The fourth-order valence-electron chi connectivity index (χ4n) is 2.63. The molecule has 0 atom stereocenters. The molecule has 0 saturated heterocycles. The van der Waals surface area contributed by atoms with Gasteiger partial charge < -0.3 is 4.74 Å². The van der Waals surface area contributed by atoms with Gasteiger partial charge in [-0.1, -0.05) is 38.1 Å². The van der Waals surface area contributed by atoms with E-state index in [2.05, 4.69) is 19.9 Å². The summed E-state index contributed by atoms with van der Waals surface area (Å²) in [7, 11) is 0. The van der Waals surface area contributed by atoms with E-state index in [1.54, 1.807) is 12.1 Å². The third kappa shape index (κ3) is 4.60. The number of allylic oxidation sites excluding steroid dienone is 2. The Bertz CT molecular complexity index is 774. The first-order valence-electron chi connectivity index (χ1n) is 7.67. The van der Waals surface area contributed by atoms with E-state index in [4.69, 9.17) is 4.74 Å². The fraction of sp³-hybridized carbons (Fsp3) is 0.316. The minimum absolute atomic E-state index is 0.111. The number of carbonyl (C=O) groups is 1. The number of hydrogen-bond acceptors (Lipinski definition) is 2. The third-order valence-corrected chi connectivity index (χ3v) is 3.65. The minimum Gasteiger partial charge on any atom is -0.426 e. The van der Waals surface area contributed by atoms with Crippen molar-refractivity contribution in [1.82, 2.24) is 0 Å². The molecule has 0 saturated carbocycles. The number of alkyl halides is 3. The summed E-state index contributed by atoms with van der Waals surface area (Å²) in [6.45, 7) is 6.22. The van der Waals surface area contributed by atoms with E-state index < -0.39 is 18.6 Å². The molecule has 2 rings (SSSR count). The first-order chi connectivity index (χ1) is 11.2. The van der Waals surface area contributed by atoms with Gasteiger partial charge in [-0.05, 0) is 52.9 Å². The lowest BCUT2D eigenvalue weighted by Crippen LogP contribution is -2.19. The molecule has 0 aromatic heterocycles. The van der Waals surface area contributed by atoms with Crippen LogP contribution in [0.15, 0.2) is 42.5 Å². The van der Waals surface area contributed by atoms with Crippen LogP contribution in [0.25, 0.3) is 16.3 Å². The highest BCUT2D eigenvalue weighted by atomic mass is 19.4. The number of carbonyl (C=O) groups excluding carboxylic acids is 1. The molecule has 0 aliphatic heterocycles. The quantitative estimate of drug-likeness (QED) is 0.524. The summed E-state index contributed by atoms with van der Waals surface area (Å²) in [4.78, 5) is 11.3. The summed E-state index contributed by atoms with van der Waals surface area (Å²) in [5.74, 6) is -0.816. The lowest BCUT2D eigenvalue weighted by Gasteiger charge is -2.13. The smallest absolute Gasteiger partial charge is 0.399 e. The molecular formula is C19H19F3O2. The van der Waals surface area contributed by atoms with E-state index in [0.29, 0.717) is 5.92 Å². The topological polar surface area (TPSA) is 26.3 Å². The van der Waals surface area contributed by atoms with Crippen molar-refractivity contribution in [2.45, 2.75) is 33.4 Å². The molecule has 5 heteroatoms. The highest BCUT2D eigenvalue weighted by Crippen LogP contribution is 2.29. The first kappa shape index (κ1) is 18.0. The summed E-state index contributed by atoms with van der Waals surface area (Å²) >= 11 is 0. The summed E-state index contributed by atoms with van der Waals surface area (Å²) < 4.78 is 41.3. The second kappa shape index (κ2) is 7.07. The number of esters is 1. The van der Waals surface area contributed by atoms with E-state index in [9.17, 15) is 18.0 Å². The maximum atomic E-state index is 12.2. The summed E-state index contributed by atoms with van der Waals surface area (Å²) in [6.07, 6.45) is -4.09. The summed E-state index contributed by atoms with van der Waals surface area (Å²) in [5, 5.41) is 1.73.